The van der Waals surface area contributed by atoms with E-state index < -0.39 is 0 Å². The number of carbonyl (C=O) groups excluding carboxylic acids is 1. The Morgan fingerprint density at radius 2 is 1.86 bits per heavy atom. The quantitative estimate of drug-likeness (QED) is 0.598. The van der Waals surface area contributed by atoms with Crippen molar-refractivity contribution in [2.24, 2.45) is 0 Å². The Hall–Kier alpha value is -3.41. The van der Waals surface area contributed by atoms with Gasteiger partial charge in [0, 0.05) is 12.0 Å². The van der Waals surface area contributed by atoms with Crippen LogP contribution in [-0.4, -0.2) is 23.0 Å². The molecule has 1 heterocycles. The van der Waals surface area contributed by atoms with Crippen LogP contribution in [0.5, 0.6) is 0 Å². The van der Waals surface area contributed by atoms with Crippen molar-refractivity contribution >= 4 is 11.9 Å². The molecule has 3 N–H and O–H groups in total. The normalized spacial score (nSPS) is 10.7. The molecule has 1 aromatic heterocycles. The number of aryl methyl sites for hydroxylation is 1. The Balaban J connectivity index is 1.90. The Morgan fingerprint density at radius 1 is 1.14 bits per heavy atom. The minimum Gasteiger partial charge on any atom is -0.465 e. The lowest BCUT2D eigenvalue weighted by Crippen LogP contribution is -2.20. The number of anilines is 1. The zero-order valence-corrected chi connectivity index (χ0v) is 16.7. The summed E-state index contributed by atoms with van der Waals surface area (Å²) in [5.74, 6) is -0.218. The second-order valence-corrected chi connectivity index (χ2v) is 6.89. The number of hydrogen-bond acceptors (Lipinski definition) is 5. The Bertz CT molecular complexity index is 1060. The van der Waals surface area contributed by atoms with Crippen molar-refractivity contribution < 1.29 is 9.53 Å². The van der Waals surface area contributed by atoms with E-state index in [0.29, 0.717) is 17.5 Å². The monoisotopic (exact) mass is 391 g/mol. The summed E-state index contributed by atoms with van der Waals surface area (Å²) in [5, 5.41) is 0. The highest BCUT2D eigenvalue weighted by Gasteiger charge is 2.14. The fraction of sp³-hybridized carbons (Fsp3) is 0.261. The molecule has 2 aromatic carbocycles. The van der Waals surface area contributed by atoms with Crippen molar-refractivity contribution in [3.8, 4) is 11.1 Å². The van der Waals surface area contributed by atoms with E-state index >= 15 is 0 Å². The first-order valence-corrected chi connectivity index (χ1v) is 9.67. The molecule has 3 aromatic rings. The number of aromatic amines is 1. The Kier molecular flexibility index (Phi) is 6.44. The van der Waals surface area contributed by atoms with Gasteiger partial charge in [0.2, 0.25) is 5.95 Å². The van der Waals surface area contributed by atoms with Crippen LogP contribution in [-0.2, 0) is 17.6 Å². The van der Waals surface area contributed by atoms with Crippen molar-refractivity contribution in [3.05, 3.63) is 81.3 Å². The summed E-state index contributed by atoms with van der Waals surface area (Å²) in [6.45, 7) is 2.10. The van der Waals surface area contributed by atoms with E-state index in [2.05, 4.69) is 16.9 Å². The lowest BCUT2D eigenvalue weighted by Gasteiger charge is -2.11. The number of nitrogen functional groups attached to an aromatic ring is 1. The van der Waals surface area contributed by atoms with Crippen LogP contribution in [0.4, 0.5) is 5.95 Å². The van der Waals surface area contributed by atoms with Gasteiger partial charge in [0.25, 0.3) is 5.56 Å². The van der Waals surface area contributed by atoms with Crippen LogP contribution in [0, 0.1) is 0 Å². The van der Waals surface area contributed by atoms with Gasteiger partial charge in [-0.2, -0.15) is 0 Å². The van der Waals surface area contributed by atoms with Crippen molar-refractivity contribution in [2.45, 2.75) is 32.6 Å². The maximum absolute atomic E-state index is 12.4. The van der Waals surface area contributed by atoms with Crippen LogP contribution in [0.25, 0.3) is 11.1 Å². The molecule has 0 bridgehead atoms. The second kappa shape index (κ2) is 9.19. The number of rotatable bonds is 7. The van der Waals surface area contributed by atoms with Crippen molar-refractivity contribution in [2.75, 3.05) is 12.8 Å². The molecule has 0 saturated heterocycles. The third-order valence-electron chi connectivity index (χ3n) is 4.86. The number of H-pyrrole nitrogens is 1. The van der Waals surface area contributed by atoms with Crippen LogP contribution in [0.15, 0.2) is 53.3 Å². The van der Waals surface area contributed by atoms with E-state index in [9.17, 15) is 9.59 Å². The molecule has 0 aliphatic rings. The summed E-state index contributed by atoms with van der Waals surface area (Å²) < 4.78 is 4.88. The number of nitrogens with zero attached hydrogens (tertiary/aromatic N) is 1. The van der Waals surface area contributed by atoms with Gasteiger partial charge in [0.05, 0.1) is 18.4 Å². The fourth-order valence-corrected chi connectivity index (χ4v) is 3.33. The average Bonchev–Trinajstić information content (AvgIpc) is 2.74. The van der Waals surface area contributed by atoms with Crippen LogP contribution >= 0.6 is 0 Å². The van der Waals surface area contributed by atoms with Gasteiger partial charge in [0.15, 0.2) is 0 Å². The third kappa shape index (κ3) is 4.71. The number of ether oxygens (including phenoxy) is 1. The van der Waals surface area contributed by atoms with Gasteiger partial charge in [-0.3, -0.25) is 9.78 Å². The van der Waals surface area contributed by atoms with E-state index in [-0.39, 0.29) is 17.5 Å². The minimum absolute atomic E-state index is 0.152. The van der Waals surface area contributed by atoms with Gasteiger partial charge < -0.3 is 10.5 Å². The largest absolute Gasteiger partial charge is 0.465 e. The van der Waals surface area contributed by atoms with Crippen molar-refractivity contribution in [3.63, 3.8) is 0 Å². The van der Waals surface area contributed by atoms with Crippen LogP contribution < -0.4 is 11.3 Å². The third-order valence-corrected chi connectivity index (χ3v) is 4.86. The number of nitrogens with one attached hydrogen (secondary N) is 1. The lowest BCUT2D eigenvalue weighted by atomic mass is 9.96. The number of aromatic nitrogens is 2. The SMILES string of the molecule is CCCCc1nc(N)[nH]c(=O)c1Cc1ccc(-c2ccccc2C(=O)OC)cc1. The molecule has 6 nitrogen and oxygen atoms in total. The fourth-order valence-electron chi connectivity index (χ4n) is 3.33. The van der Waals surface area contributed by atoms with E-state index in [1.807, 2.05) is 42.5 Å². The number of unbranched alkanes of at least 4 members (excludes halogenated alkanes) is 1. The van der Waals surface area contributed by atoms with E-state index in [4.69, 9.17) is 10.5 Å². The van der Waals surface area contributed by atoms with Gasteiger partial charge in [0.1, 0.15) is 0 Å². The van der Waals surface area contributed by atoms with E-state index in [1.54, 1.807) is 6.07 Å². The first kappa shape index (κ1) is 20.3. The first-order valence-electron chi connectivity index (χ1n) is 9.67. The van der Waals surface area contributed by atoms with Crippen LogP contribution in [0.3, 0.4) is 0 Å². The summed E-state index contributed by atoms with van der Waals surface area (Å²) in [7, 11) is 1.37. The van der Waals surface area contributed by atoms with Crippen molar-refractivity contribution in [1.82, 2.24) is 9.97 Å². The molecule has 29 heavy (non-hydrogen) atoms. The van der Waals surface area contributed by atoms with Crippen LogP contribution in [0.1, 0.15) is 46.9 Å². The number of esters is 1. The summed E-state index contributed by atoms with van der Waals surface area (Å²) in [6, 6.07) is 15.1. The molecular formula is C23H25N3O3. The lowest BCUT2D eigenvalue weighted by molar-refractivity contribution is 0.0601. The molecule has 0 spiro atoms. The zero-order valence-electron chi connectivity index (χ0n) is 16.7. The van der Waals surface area contributed by atoms with Gasteiger partial charge >= 0.3 is 5.97 Å². The molecule has 150 valence electrons. The number of hydrogen-bond donors (Lipinski definition) is 2. The molecule has 3 rings (SSSR count). The molecule has 0 radical (unpaired) electrons. The van der Waals surface area contributed by atoms with E-state index in [1.165, 1.54) is 7.11 Å². The molecule has 0 atom stereocenters. The molecule has 0 unspecified atom stereocenters. The molecule has 0 saturated carbocycles. The maximum Gasteiger partial charge on any atom is 0.338 e. The predicted octanol–water partition coefficient (Wildman–Crippen LogP) is 3.74. The highest BCUT2D eigenvalue weighted by molar-refractivity contribution is 5.97. The highest BCUT2D eigenvalue weighted by Crippen LogP contribution is 2.25. The highest BCUT2D eigenvalue weighted by atomic mass is 16.5. The molecule has 0 fully saturated rings. The zero-order chi connectivity index (χ0) is 20.8. The number of methoxy groups -OCH3 is 1. The minimum atomic E-state index is -0.371. The summed E-state index contributed by atoms with van der Waals surface area (Å²) in [5.41, 5.74) is 10.2. The van der Waals surface area contributed by atoms with Gasteiger partial charge in [-0.15, -0.1) is 0 Å². The van der Waals surface area contributed by atoms with Crippen molar-refractivity contribution in [1.29, 1.82) is 0 Å². The summed E-state index contributed by atoms with van der Waals surface area (Å²) >= 11 is 0. The Morgan fingerprint density at radius 3 is 2.55 bits per heavy atom. The topological polar surface area (TPSA) is 98.1 Å². The van der Waals surface area contributed by atoms with E-state index in [0.717, 1.165) is 41.6 Å². The van der Waals surface area contributed by atoms with Crippen LogP contribution in [0.2, 0.25) is 0 Å². The van der Waals surface area contributed by atoms with Gasteiger partial charge in [-0.05, 0) is 35.6 Å². The average molecular weight is 391 g/mol. The maximum atomic E-state index is 12.4. The smallest absolute Gasteiger partial charge is 0.338 e. The number of benzene rings is 2. The summed E-state index contributed by atoms with van der Waals surface area (Å²) in [4.78, 5) is 31.4. The summed E-state index contributed by atoms with van der Waals surface area (Å²) in [6.07, 6.45) is 3.17. The van der Waals surface area contributed by atoms with Gasteiger partial charge in [-0.1, -0.05) is 55.8 Å². The predicted molar refractivity (Wildman–Crippen MR) is 114 cm³/mol. The second-order valence-electron chi connectivity index (χ2n) is 6.89. The van der Waals surface area contributed by atoms with Gasteiger partial charge in [-0.25, -0.2) is 9.78 Å². The molecule has 0 amide bonds. The molecule has 0 aliphatic heterocycles. The standard InChI is InChI=1S/C23H25N3O3/c1-3-4-9-20-19(21(27)26-23(24)25-20)14-15-10-12-16(13-11-15)17-7-5-6-8-18(17)22(28)29-2/h5-8,10-13H,3-4,9,14H2,1-2H3,(H3,24,25,26,27). The molecular weight excluding hydrogens is 366 g/mol. The number of nitrogens with two attached hydrogens (primary N) is 1. The molecule has 0 aliphatic carbocycles. The first-order chi connectivity index (χ1) is 14.0. The number of carbonyl (C=O) groups is 1. The molecule has 6 heteroatoms. The Labute approximate surface area is 169 Å².